The van der Waals surface area contributed by atoms with Crippen LogP contribution in [-0.2, 0) is 0 Å². The van der Waals surface area contributed by atoms with E-state index in [9.17, 15) is 0 Å². The number of nitrogens with one attached hydrogen (secondary N) is 1. The first-order chi connectivity index (χ1) is 7.45. The van der Waals surface area contributed by atoms with E-state index in [2.05, 4.69) is 47.8 Å². The molecule has 0 aromatic heterocycles. The molecule has 0 aliphatic heterocycles. The summed E-state index contributed by atoms with van der Waals surface area (Å²) in [6.45, 7) is 0.938. The van der Waals surface area contributed by atoms with Crippen LogP contribution in [0.2, 0.25) is 0 Å². The Morgan fingerprint density at radius 3 is 2.73 bits per heavy atom. The van der Waals surface area contributed by atoms with Gasteiger partial charge in [-0.3, -0.25) is 0 Å². The second kappa shape index (κ2) is 5.40. The summed E-state index contributed by atoms with van der Waals surface area (Å²) in [6, 6.07) is 10.3. The maximum atomic E-state index is 3.39. The van der Waals surface area contributed by atoms with E-state index in [1.165, 1.54) is 18.5 Å². The van der Waals surface area contributed by atoms with E-state index in [-0.39, 0.29) is 0 Å². The van der Waals surface area contributed by atoms with E-state index >= 15 is 0 Å². The van der Waals surface area contributed by atoms with E-state index in [0.717, 1.165) is 13.0 Å². The summed E-state index contributed by atoms with van der Waals surface area (Å²) in [5.74, 6) is 0. The number of hydrogen-bond donors (Lipinski definition) is 1. The molecule has 1 nitrogen and oxygen atoms in total. The van der Waals surface area contributed by atoms with Crippen molar-refractivity contribution in [3.63, 3.8) is 0 Å². The molecule has 1 aliphatic rings. The molecule has 0 heterocycles. The van der Waals surface area contributed by atoms with Crippen molar-refractivity contribution in [1.29, 1.82) is 0 Å². The minimum absolute atomic E-state index is 0.938. The molecule has 1 aliphatic carbocycles. The van der Waals surface area contributed by atoms with Crippen molar-refractivity contribution in [2.75, 3.05) is 11.9 Å². The first-order valence-electron chi connectivity index (χ1n) is 5.57. The fourth-order valence-electron chi connectivity index (χ4n) is 1.78. The van der Waals surface area contributed by atoms with E-state index in [1.807, 2.05) is 6.07 Å². The largest absolute Gasteiger partial charge is 0.382 e. The molecule has 0 fully saturated rings. The van der Waals surface area contributed by atoms with Gasteiger partial charge in [0.15, 0.2) is 0 Å². The molecule has 0 unspecified atom stereocenters. The molecule has 0 atom stereocenters. The minimum Gasteiger partial charge on any atom is -0.382 e. The molecule has 0 saturated carbocycles. The van der Waals surface area contributed by atoms with Crippen LogP contribution in [0, 0.1) is 0 Å². The average molecular weight is 199 g/mol. The Labute approximate surface area is 91.5 Å². The SMILES string of the molecule is C1=CCC(=CCNc2ccccc2)CC1. The van der Waals surface area contributed by atoms with Gasteiger partial charge in [-0.25, -0.2) is 0 Å². The van der Waals surface area contributed by atoms with E-state index in [4.69, 9.17) is 0 Å². The maximum absolute atomic E-state index is 3.39. The van der Waals surface area contributed by atoms with Crippen LogP contribution in [-0.4, -0.2) is 6.54 Å². The third kappa shape index (κ3) is 3.28. The monoisotopic (exact) mass is 199 g/mol. The van der Waals surface area contributed by atoms with Crippen LogP contribution in [0.15, 0.2) is 54.1 Å². The van der Waals surface area contributed by atoms with Gasteiger partial charge in [0, 0.05) is 12.2 Å². The van der Waals surface area contributed by atoms with Crippen LogP contribution in [0.5, 0.6) is 0 Å². The van der Waals surface area contributed by atoms with Crippen molar-refractivity contribution in [3.8, 4) is 0 Å². The summed E-state index contributed by atoms with van der Waals surface area (Å²) in [5, 5.41) is 3.39. The smallest absolute Gasteiger partial charge is 0.0342 e. The lowest BCUT2D eigenvalue weighted by Crippen LogP contribution is -2.00. The highest BCUT2D eigenvalue weighted by atomic mass is 14.8. The normalized spacial score (nSPS) is 18.0. The van der Waals surface area contributed by atoms with Gasteiger partial charge in [0.25, 0.3) is 0 Å². The Kier molecular flexibility index (Phi) is 3.61. The average Bonchev–Trinajstić information content (AvgIpc) is 2.32. The Balaban J connectivity index is 1.81. The number of benzene rings is 1. The van der Waals surface area contributed by atoms with Crippen molar-refractivity contribution >= 4 is 5.69 Å². The quantitative estimate of drug-likeness (QED) is 0.731. The van der Waals surface area contributed by atoms with Crippen LogP contribution in [0.3, 0.4) is 0 Å². The second-order valence-electron chi connectivity index (χ2n) is 3.82. The van der Waals surface area contributed by atoms with Gasteiger partial charge >= 0.3 is 0 Å². The third-order valence-corrected chi connectivity index (χ3v) is 2.65. The highest BCUT2D eigenvalue weighted by Crippen LogP contribution is 2.16. The van der Waals surface area contributed by atoms with Gasteiger partial charge in [-0.15, -0.1) is 0 Å². The number of para-hydroxylation sites is 1. The predicted molar refractivity (Wildman–Crippen MR) is 66.0 cm³/mol. The van der Waals surface area contributed by atoms with Crippen LogP contribution < -0.4 is 5.32 Å². The van der Waals surface area contributed by atoms with Crippen molar-refractivity contribution in [3.05, 3.63) is 54.1 Å². The highest BCUT2D eigenvalue weighted by Gasteiger charge is 1.98. The molecule has 1 heteroatoms. The Morgan fingerprint density at radius 1 is 1.13 bits per heavy atom. The molecule has 15 heavy (non-hydrogen) atoms. The van der Waals surface area contributed by atoms with Gasteiger partial charge in [0.1, 0.15) is 0 Å². The van der Waals surface area contributed by atoms with Gasteiger partial charge < -0.3 is 5.32 Å². The summed E-state index contributed by atoms with van der Waals surface area (Å²) < 4.78 is 0. The molecule has 0 amide bonds. The summed E-state index contributed by atoms with van der Waals surface area (Å²) >= 11 is 0. The molecule has 0 spiro atoms. The number of anilines is 1. The van der Waals surface area contributed by atoms with Crippen LogP contribution in [0.4, 0.5) is 5.69 Å². The molecular formula is C14H17N. The number of allylic oxidation sites excluding steroid dienone is 3. The van der Waals surface area contributed by atoms with E-state index < -0.39 is 0 Å². The van der Waals surface area contributed by atoms with E-state index in [1.54, 1.807) is 5.57 Å². The molecule has 1 aromatic carbocycles. The first-order valence-corrected chi connectivity index (χ1v) is 5.57. The molecule has 0 radical (unpaired) electrons. The Bertz CT molecular complexity index is 349. The minimum atomic E-state index is 0.938. The topological polar surface area (TPSA) is 12.0 Å². The molecule has 0 bridgehead atoms. The summed E-state index contributed by atoms with van der Waals surface area (Å²) in [4.78, 5) is 0. The van der Waals surface area contributed by atoms with Gasteiger partial charge in [-0.05, 0) is 31.4 Å². The van der Waals surface area contributed by atoms with Crippen LogP contribution >= 0.6 is 0 Å². The lowest BCUT2D eigenvalue weighted by atomic mass is 10.0. The standard InChI is InChI=1S/C14H17N/c1-3-7-13(8-4-1)11-12-15-14-9-5-2-6-10-14/h1-3,5-6,9-11,15H,4,7-8,12H2. The zero-order valence-corrected chi connectivity index (χ0v) is 8.95. The number of rotatable bonds is 3. The van der Waals surface area contributed by atoms with Crippen LogP contribution in [0.25, 0.3) is 0 Å². The lowest BCUT2D eigenvalue weighted by Gasteiger charge is -2.09. The van der Waals surface area contributed by atoms with Gasteiger partial charge in [-0.1, -0.05) is 42.0 Å². The lowest BCUT2D eigenvalue weighted by molar-refractivity contribution is 0.893. The number of hydrogen-bond acceptors (Lipinski definition) is 1. The van der Waals surface area contributed by atoms with E-state index in [0.29, 0.717) is 0 Å². The van der Waals surface area contributed by atoms with Crippen molar-refractivity contribution in [2.45, 2.75) is 19.3 Å². The van der Waals surface area contributed by atoms with Gasteiger partial charge in [0.2, 0.25) is 0 Å². The Morgan fingerprint density at radius 2 is 2.00 bits per heavy atom. The first kappa shape index (κ1) is 10.0. The third-order valence-electron chi connectivity index (χ3n) is 2.65. The highest BCUT2D eigenvalue weighted by molar-refractivity contribution is 5.43. The zero-order chi connectivity index (χ0) is 10.3. The van der Waals surface area contributed by atoms with Gasteiger partial charge in [0.05, 0.1) is 0 Å². The van der Waals surface area contributed by atoms with Crippen molar-refractivity contribution in [1.82, 2.24) is 0 Å². The summed E-state index contributed by atoms with van der Waals surface area (Å²) in [6.07, 6.45) is 10.4. The fourth-order valence-corrected chi connectivity index (χ4v) is 1.78. The second-order valence-corrected chi connectivity index (χ2v) is 3.82. The zero-order valence-electron chi connectivity index (χ0n) is 8.95. The Hall–Kier alpha value is -1.50. The molecule has 1 N–H and O–H groups in total. The molecule has 78 valence electrons. The van der Waals surface area contributed by atoms with Crippen molar-refractivity contribution < 1.29 is 0 Å². The summed E-state index contributed by atoms with van der Waals surface area (Å²) in [7, 11) is 0. The fraction of sp³-hybridized carbons (Fsp3) is 0.286. The molecule has 1 aromatic rings. The van der Waals surface area contributed by atoms with Crippen LogP contribution in [0.1, 0.15) is 19.3 Å². The molecular weight excluding hydrogens is 182 g/mol. The van der Waals surface area contributed by atoms with Gasteiger partial charge in [-0.2, -0.15) is 0 Å². The predicted octanol–water partition coefficient (Wildman–Crippen LogP) is 3.77. The summed E-state index contributed by atoms with van der Waals surface area (Å²) in [5.41, 5.74) is 2.75. The molecule has 2 rings (SSSR count). The maximum Gasteiger partial charge on any atom is 0.0342 e. The molecule has 0 saturated heterocycles. The van der Waals surface area contributed by atoms with Crippen molar-refractivity contribution in [2.24, 2.45) is 0 Å².